The van der Waals surface area contributed by atoms with E-state index in [0.717, 1.165) is 73.3 Å². The van der Waals surface area contributed by atoms with Crippen LogP contribution in [0.25, 0.3) is 21.5 Å². The van der Waals surface area contributed by atoms with Crippen LogP contribution in [-0.2, 0) is 0 Å². The molecule has 4 unspecified atom stereocenters. The molecule has 4 atom stereocenters. The minimum Gasteiger partial charge on any atom is -0.324 e. The van der Waals surface area contributed by atoms with Crippen molar-refractivity contribution in [2.24, 2.45) is 20.0 Å². The third-order valence-electron chi connectivity index (χ3n) is 7.83. The summed E-state index contributed by atoms with van der Waals surface area (Å²) in [7, 11) is 0. The molecule has 0 radical (unpaired) electrons. The molecule has 3 heterocycles. The lowest BCUT2D eigenvalue weighted by Crippen LogP contribution is -2.28. The Morgan fingerprint density at radius 3 is 1.06 bits per heavy atom. The number of rotatable bonds is 0. The van der Waals surface area contributed by atoms with Gasteiger partial charge in [-0.05, 0) is 51.4 Å². The normalized spacial score (nSPS) is 26.8. The van der Waals surface area contributed by atoms with E-state index in [0.29, 0.717) is 0 Å². The number of hydrogen-bond acceptors (Lipinski definition) is 4. The summed E-state index contributed by atoms with van der Waals surface area (Å²) in [6.45, 7) is 0. The molecule has 2 N–H and O–H groups in total. The fraction of sp³-hybridized carbons (Fsp3) is 0.429. The molecule has 3 aliphatic rings. The van der Waals surface area contributed by atoms with E-state index in [1.165, 1.54) is 21.5 Å². The van der Waals surface area contributed by atoms with Crippen LogP contribution in [0, 0.1) is 0 Å². The quantitative estimate of drug-likeness (QED) is 0.411. The van der Waals surface area contributed by atoms with Crippen LogP contribution in [0.3, 0.4) is 0 Å². The molecule has 2 saturated carbocycles. The Balaban J connectivity index is 1.46. The first-order chi connectivity index (χ1) is 16.8. The maximum atomic E-state index is 5.22. The minimum absolute atomic E-state index is 0.273. The first kappa shape index (κ1) is 20.1. The average molecular weight is 451 g/mol. The zero-order valence-electron chi connectivity index (χ0n) is 19.4. The van der Waals surface area contributed by atoms with E-state index in [9.17, 15) is 0 Å². The van der Waals surface area contributed by atoms with Gasteiger partial charge in [-0.3, -0.25) is 20.0 Å². The number of aromatic amines is 2. The maximum absolute atomic E-state index is 5.22. The number of nitrogens with zero attached hydrogens (tertiary/aromatic N) is 4. The summed E-state index contributed by atoms with van der Waals surface area (Å²) in [6.07, 6.45) is 8.71. The van der Waals surface area contributed by atoms with E-state index in [1.807, 2.05) is 0 Å². The van der Waals surface area contributed by atoms with Crippen molar-refractivity contribution in [2.75, 3.05) is 0 Å². The Labute approximate surface area is 197 Å². The number of H-pyrrole nitrogens is 2. The standard InChI is InChI=1S/C28H30N6/c1-2-12-22-21(11-1)25-29-17-7-5-9-19(15-17)31-27-23-13-3-4-14-24(23)28(34-27)32-20-10-6-8-18(16-20)30-26(22)33-25/h1-4,11-14,17-20H,5-10,15-16H2,(H,29,30,33)(H,31,32,34). The molecule has 1 aliphatic heterocycles. The van der Waals surface area contributed by atoms with Crippen molar-refractivity contribution >= 4 is 21.5 Å². The van der Waals surface area contributed by atoms with Crippen molar-refractivity contribution in [3.05, 3.63) is 70.5 Å². The Bertz CT molecular complexity index is 1380. The molecule has 34 heavy (non-hydrogen) atoms. The number of hydrogen-bond donors (Lipinski definition) is 2. The van der Waals surface area contributed by atoms with E-state index in [4.69, 9.17) is 20.0 Å². The smallest absolute Gasteiger partial charge is 0.134 e. The van der Waals surface area contributed by atoms with Crippen molar-refractivity contribution in [1.82, 2.24) is 9.97 Å². The van der Waals surface area contributed by atoms with Crippen LogP contribution in [0.4, 0.5) is 0 Å². The van der Waals surface area contributed by atoms with Crippen LogP contribution in [0.15, 0.2) is 68.5 Å². The predicted molar refractivity (Wildman–Crippen MR) is 133 cm³/mol. The molecule has 2 aromatic carbocycles. The first-order valence-corrected chi connectivity index (χ1v) is 12.8. The lowest BCUT2D eigenvalue weighted by molar-refractivity contribution is 0.382. The molecule has 6 heteroatoms. The van der Waals surface area contributed by atoms with Crippen LogP contribution in [0.1, 0.15) is 51.4 Å². The number of fused-ring (bicyclic) bond motifs is 14. The molecule has 2 fully saturated rings. The van der Waals surface area contributed by atoms with E-state index >= 15 is 0 Å². The van der Waals surface area contributed by atoms with Gasteiger partial charge in [-0.15, -0.1) is 0 Å². The van der Waals surface area contributed by atoms with Crippen molar-refractivity contribution in [2.45, 2.75) is 75.5 Å². The molecular formula is C28H30N6. The van der Waals surface area contributed by atoms with Gasteiger partial charge in [0.1, 0.15) is 22.0 Å². The van der Waals surface area contributed by atoms with E-state index in [-0.39, 0.29) is 24.2 Å². The van der Waals surface area contributed by atoms with Crippen LogP contribution in [0.2, 0.25) is 0 Å². The molecule has 7 rings (SSSR count). The fourth-order valence-electron chi connectivity index (χ4n) is 6.17. The summed E-state index contributed by atoms with van der Waals surface area (Å²) in [5, 5.41) is 4.73. The lowest BCUT2D eigenvalue weighted by atomic mass is 9.91. The summed E-state index contributed by atoms with van der Waals surface area (Å²) in [5.74, 6) is 0. The second kappa shape index (κ2) is 8.19. The van der Waals surface area contributed by atoms with Gasteiger partial charge in [0.2, 0.25) is 0 Å². The van der Waals surface area contributed by atoms with Crippen molar-refractivity contribution in [1.29, 1.82) is 0 Å². The highest BCUT2D eigenvalue weighted by atomic mass is 15.0. The third-order valence-corrected chi connectivity index (χ3v) is 7.83. The molecule has 0 saturated heterocycles. The second-order valence-corrected chi connectivity index (χ2v) is 10.2. The Morgan fingerprint density at radius 2 is 0.765 bits per heavy atom. The Hall–Kier alpha value is -3.28. The van der Waals surface area contributed by atoms with Crippen molar-refractivity contribution in [3.8, 4) is 0 Å². The fourth-order valence-corrected chi connectivity index (χ4v) is 6.17. The summed E-state index contributed by atoms with van der Waals surface area (Å²) in [4.78, 5) is 28.1. The van der Waals surface area contributed by atoms with Crippen LogP contribution in [0.5, 0.6) is 0 Å². The lowest BCUT2D eigenvalue weighted by Gasteiger charge is -2.23. The molecule has 2 aliphatic carbocycles. The van der Waals surface area contributed by atoms with E-state index < -0.39 is 0 Å². The van der Waals surface area contributed by atoms with Crippen LogP contribution in [-0.4, -0.2) is 34.1 Å². The monoisotopic (exact) mass is 450 g/mol. The summed E-state index contributed by atoms with van der Waals surface area (Å²) in [6, 6.07) is 18.2. The largest absolute Gasteiger partial charge is 0.324 e. The SMILES string of the molecule is c1ccc2c3[nH]c(c2c1)=NC1CCCC(C1)N=c1[nH]c(c2ccccc12)=NC1CCCC(C1)N=3. The second-order valence-electron chi connectivity index (χ2n) is 10.2. The molecule has 4 aromatic rings. The first-order valence-electron chi connectivity index (χ1n) is 12.8. The van der Waals surface area contributed by atoms with Crippen LogP contribution < -0.4 is 22.0 Å². The zero-order chi connectivity index (χ0) is 22.5. The van der Waals surface area contributed by atoms with Gasteiger partial charge in [0, 0.05) is 21.5 Å². The van der Waals surface area contributed by atoms with Gasteiger partial charge >= 0.3 is 0 Å². The molecule has 0 amide bonds. The highest BCUT2D eigenvalue weighted by Crippen LogP contribution is 2.25. The van der Waals surface area contributed by atoms with Crippen molar-refractivity contribution in [3.63, 3.8) is 0 Å². The van der Waals surface area contributed by atoms with E-state index in [1.54, 1.807) is 0 Å². The van der Waals surface area contributed by atoms with Crippen molar-refractivity contribution < 1.29 is 0 Å². The number of benzene rings is 2. The summed E-state index contributed by atoms with van der Waals surface area (Å²) < 4.78 is 0. The highest BCUT2D eigenvalue weighted by Gasteiger charge is 2.24. The predicted octanol–water partition coefficient (Wildman–Crippen LogP) is 3.46. The molecule has 8 bridgehead atoms. The maximum Gasteiger partial charge on any atom is 0.134 e. The van der Waals surface area contributed by atoms with Gasteiger partial charge < -0.3 is 9.97 Å². The minimum atomic E-state index is 0.273. The average Bonchev–Trinajstić information content (AvgIpc) is 3.37. The van der Waals surface area contributed by atoms with Gasteiger partial charge in [0.25, 0.3) is 0 Å². The highest BCUT2D eigenvalue weighted by molar-refractivity contribution is 5.81. The number of nitrogens with one attached hydrogen (secondary N) is 2. The summed E-state index contributed by atoms with van der Waals surface area (Å²) in [5.41, 5.74) is 3.93. The molecule has 2 aromatic heterocycles. The molecule has 0 spiro atoms. The molecule has 6 nitrogen and oxygen atoms in total. The zero-order valence-corrected chi connectivity index (χ0v) is 19.4. The van der Waals surface area contributed by atoms with Crippen LogP contribution >= 0.6 is 0 Å². The Kier molecular flexibility index (Phi) is 4.85. The molecule has 172 valence electrons. The third kappa shape index (κ3) is 3.56. The number of aromatic nitrogens is 2. The summed E-state index contributed by atoms with van der Waals surface area (Å²) >= 11 is 0. The molecular weight excluding hydrogens is 420 g/mol. The van der Waals surface area contributed by atoms with E-state index in [2.05, 4.69) is 58.5 Å². The van der Waals surface area contributed by atoms with Gasteiger partial charge in [-0.25, -0.2) is 0 Å². The van der Waals surface area contributed by atoms with Gasteiger partial charge in [-0.1, -0.05) is 48.5 Å². The van der Waals surface area contributed by atoms with Gasteiger partial charge in [0.15, 0.2) is 0 Å². The topological polar surface area (TPSA) is 81.0 Å². The van der Waals surface area contributed by atoms with Gasteiger partial charge in [0.05, 0.1) is 24.2 Å². The Morgan fingerprint density at radius 1 is 0.471 bits per heavy atom. The van der Waals surface area contributed by atoms with Gasteiger partial charge in [-0.2, -0.15) is 0 Å².